The van der Waals surface area contributed by atoms with Crippen molar-refractivity contribution in [3.8, 4) is 5.69 Å². The van der Waals surface area contributed by atoms with Gasteiger partial charge in [-0.05, 0) is 19.1 Å². The van der Waals surface area contributed by atoms with E-state index in [1.54, 1.807) is 4.68 Å². The summed E-state index contributed by atoms with van der Waals surface area (Å²) in [5.41, 5.74) is 8.07. The Labute approximate surface area is 119 Å². The van der Waals surface area contributed by atoms with Crippen molar-refractivity contribution in [1.82, 2.24) is 15.0 Å². The van der Waals surface area contributed by atoms with Gasteiger partial charge in [0.05, 0.1) is 21.5 Å². The fourth-order valence-corrected chi connectivity index (χ4v) is 2.24. The molecule has 0 aliphatic rings. The first-order valence-corrected chi connectivity index (χ1v) is 6.72. The van der Waals surface area contributed by atoms with Crippen molar-refractivity contribution in [2.45, 2.75) is 17.3 Å². The minimum absolute atomic E-state index is 0.0423. The van der Waals surface area contributed by atoms with E-state index in [0.717, 1.165) is 11.4 Å². The summed E-state index contributed by atoms with van der Waals surface area (Å²) >= 11 is 2.14. The first-order chi connectivity index (χ1) is 8.56. The van der Waals surface area contributed by atoms with Gasteiger partial charge < -0.3 is 5.73 Å². The highest BCUT2D eigenvalue weighted by molar-refractivity contribution is 14.1. The van der Waals surface area contributed by atoms with Gasteiger partial charge in [-0.2, -0.15) is 0 Å². The molecule has 1 aromatic carbocycles. The second-order valence-electron chi connectivity index (χ2n) is 4.06. The summed E-state index contributed by atoms with van der Waals surface area (Å²) in [6.45, 7) is 2.03. The molecule has 1 aromatic heterocycles. The largest absolute Gasteiger partial charge is 0.370 e. The van der Waals surface area contributed by atoms with Crippen molar-refractivity contribution in [3.63, 3.8) is 0 Å². The third-order valence-electron chi connectivity index (χ3n) is 2.51. The average molecular weight is 356 g/mol. The number of amides is 1. The van der Waals surface area contributed by atoms with E-state index in [1.807, 2.05) is 37.4 Å². The molecule has 0 fully saturated rings. The molecule has 0 spiro atoms. The van der Waals surface area contributed by atoms with Crippen LogP contribution in [0, 0.1) is 6.92 Å². The number of rotatable bonds is 4. The molecule has 1 atom stereocenters. The van der Waals surface area contributed by atoms with Gasteiger partial charge in [-0.15, -0.1) is 5.10 Å². The molecule has 1 heterocycles. The Balaban J connectivity index is 2.19. The Morgan fingerprint density at radius 1 is 1.44 bits per heavy atom. The Morgan fingerprint density at radius 3 is 2.72 bits per heavy atom. The van der Waals surface area contributed by atoms with E-state index < -0.39 is 0 Å². The summed E-state index contributed by atoms with van der Waals surface area (Å²) in [5.74, 6) is -0.334. The predicted molar refractivity (Wildman–Crippen MR) is 76.7 cm³/mol. The van der Waals surface area contributed by atoms with E-state index in [9.17, 15) is 4.79 Å². The van der Waals surface area contributed by atoms with Crippen molar-refractivity contribution >= 4 is 28.5 Å². The van der Waals surface area contributed by atoms with Crippen LogP contribution < -0.4 is 5.73 Å². The molecule has 6 heteroatoms. The molecule has 18 heavy (non-hydrogen) atoms. The maximum absolute atomic E-state index is 10.9. The van der Waals surface area contributed by atoms with E-state index in [-0.39, 0.29) is 16.3 Å². The molecule has 0 radical (unpaired) electrons. The van der Waals surface area contributed by atoms with Gasteiger partial charge in [0.2, 0.25) is 5.91 Å². The van der Waals surface area contributed by atoms with Crippen LogP contribution in [0.1, 0.15) is 21.6 Å². The smallest absolute Gasteiger partial charge is 0.218 e. The van der Waals surface area contributed by atoms with Crippen LogP contribution in [-0.4, -0.2) is 20.9 Å². The third-order valence-corrected chi connectivity index (χ3v) is 3.59. The number of aryl methyl sites for hydroxylation is 1. The minimum atomic E-state index is -0.334. The van der Waals surface area contributed by atoms with Crippen LogP contribution in [0.15, 0.2) is 30.5 Å². The van der Waals surface area contributed by atoms with Gasteiger partial charge in [0.15, 0.2) is 0 Å². The maximum Gasteiger partial charge on any atom is 0.218 e. The van der Waals surface area contributed by atoms with Crippen molar-refractivity contribution in [2.75, 3.05) is 0 Å². The molecule has 0 saturated heterocycles. The summed E-state index contributed by atoms with van der Waals surface area (Å²) in [6.07, 6.45) is 2.10. The van der Waals surface area contributed by atoms with Crippen LogP contribution in [-0.2, 0) is 4.79 Å². The number of primary amides is 1. The van der Waals surface area contributed by atoms with Gasteiger partial charge >= 0.3 is 0 Å². The molecule has 1 amide bonds. The summed E-state index contributed by atoms with van der Waals surface area (Å²) in [4.78, 5) is 10.9. The van der Waals surface area contributed by atoms with Gasteiger partial charge in [-0.25, -0.2) is 4.68 Å². The SMILES string of the molecule is Cc1ccc(-n2cc(C(I)CC(N)=O)nn2)cc1. The summed E-state index contributed by atoms with van der Waals surface area (Å²) < 4.78 is 1.65. The number of nitrogens with two attached hydrogens (primary N) is 1. The first-order valence-electron chi connectivity index (χ1n) is 5.48. The summed E-state index contributed by atoms with van der Waals surface area (Å²) in [5, 5.41) is 8.12. The number of hydrogen-bond acceptors (Lipinski definition) is 3. The standard InChI is InChI=1S/C12H13IN4O/c1-8-2-4-9(5-3-8)17-7-11(15-16-17)10(13)6-12(14)18/h2-5,7,10H,6H2,1H3,(H2,14,18). The van der Waals surface area contributed by atoms with Gasteiger partial charge in [-0.1, -0.05) is 45.5 Å². The fourth-order valence-electron chi connectivity index (χ4n) is 1.53. The van der Waals surface area contributed by atoms with E-state index in [1.165, 1.54) is 5.56 Å². The van der Waals surface area contributed by atoms with Crippen molar-refractivity contribution in [3.05, 3.63) is 41.7 Å². The monoisotopic (exact) mass is 356 g/mol. The molecule has 5 nitrogen and oxygen atoms in total. The zero-order valence-electron chi connectivity index (χ0n) is 9.88. The molecule has 0 aliphatic heterocycles. The summed E-state index contributed by atoms with van der Waals surface area (Å²) in [6, 6.07) is 7.98. The number of carbonyl (C=O) groups is 1. The molecule has 2 aromatic rings. The van der Waals surface area contributed by atoms with Crippen LogP contribution in [0.5, 0.6) is 0 Å². The number of carbonyl (C=O) groups excluding carboxylic acids is 1. The molecule has 1 unspecified atom stereocenters. The van der Waals surface area contributed by atoms with Crippen LogP contribution in [0.2, 0.25) is 0 Å². The van der Waals surface area contributed by atoms with Crippen molar-refractivity contribution < 1.29 is 4.79 Å². The highest BCUT2D eigenvalue weighted by Gasteiger charge is 2.14. The summed E-state index contributed by atoms with van der Waals surface area (Å²) in [7, 11) is 0. The molecule has 2 N–H and O–H groups in total. The molecular weight excluding hydrogens is 343 g/mol. The number of aromatic nitrogens is 3. The molecule has 2 rings (SSSR count). The first kappa shape index (κ1) is 13.0. The quantitative estimate of drug-likeness (QED) is 0.672. The molecule has 0 aliphatic carbocycles. The van der Waals surface area contributed by atoms with Crippen molar-refractivity contribution in [2.24, 2.45) is 5.73 Å². The van der Waals surface area contributed by atoms with Crippen LogP contribution in [0.4, 0.5) is 0 Å². The number of hydrogen-bond donors (Lipinski definition) is 1. The number of halogens is 1. The van der Waals surface area contributed by atoms with Crippen LogP contribution in [0.25, 0.3) is 5.69 Å². The topological polar surface area (TPSA) is 73.8 Å². The number of nitrogens with zero attached hydrogens (tertiary/aromatic N) is 3. The third kappa shape index (κ3) is 3.06. The Hall–Kier alpha value is -1.44. The second-order valence-corrected chi connectivity index (χ2v) is 5.57. The molecule has 0 bridgehead atoms. The van der Waals surface area contributed by atoms with E-state index in [0.29, 0.717) is 0 Å². The molecule has 0 saturated carbocycles. The Bertz CT molecular complexity index is 549. The number of benzene rings is 1. The Kier molecular flexibility index (Phi) is 3.95. The zero-order valence-corrected chi connectivity index (χ0v) is 12.0. The molecular formula is C12H13IN4O. The normalized spacial score (nSPS) is 12.3. The molecule has 94 valence electrons. The highest BCUT2D eigenvalue weighted by Crippen LogP contribution is 2.25. The second kappa shape index (κ2) is 5.47. The van der Waals surface area contributed by atoms with E-state index in [2.05, 4.69) is 32.9 Å². The van der Waals surface area contributed by atoms with Crippen LogP contribution >= 0.6 is 22.6 Å². The fraction of sp³-hybridized carbons (Fsp3) is 0.250. The van der Waals surface area contributed by atoms with Gasteiger partial charge in [0.1, 0.15) is 0 Å². The Morgan fingerprint density at radius 2 is 2.11 bits per heavy atom. The van der Waals surface area contributed by atoms with Gasteiger partial charge in [-0.3, -0.25) is 4.79 Å². The lowest BCUT2D eigenvalue weighted by atomic mass is 10.2. The number of alkyl halides is 1. The predicted octanol–water partition coefficient (Wildman–Crippen LogP) is 1.93. The maximum atomic E-state index is 10.9. The van der Waals surface area contributed by atoms with Gasteiger partial charge in [0, 0.05) is 6.42 Å². The van der Waals surface area contributed by atoms with E-state index in [4.69, 9.17) is 5.73 Å². The minimum Gasteiger partial charge on any atom is -0.370 e. The van der Waals surface area contributed by atoms with E-state index >= 15 is 0 Å². The lowest BCUT2D eigenvalue weighted by Gasteiger charge is -2.02. The lowest BCUT2D eigenvalue weighted by molar-refractivity contribution is -0.117. The van der Waals surface area contributed by atoms with Gasteiger partial charge in [0.25, 0.3) is 0 Å². The highest BCUT2D eigenvalue weighted by atomic mass is 127. The van der Waals surface area contributed by atoms with Crippen molar-refractivity contribution in [1.29, 1.82) is 0 Å². The zero-order chi connectivity index (χ0) is 13.1. The van der Waals surface area contributed by atoms with Crippen LogP contribution in [0.3, 0.4) is 0 Å². The average Bonchev–Trinajstić information content (AvgIpc) is 2.78. The lowest BCUT2D eigenvalue weighted by Crippen LogP contribution is -2.12.